The third-order valence-electron chi connectivity index (χ3n) is 2.88. The Kier molecular flexibility index (Phi) is 2.58. The molecule has 0 unspecified atom stereocenters. The van der Waals surface area contributed by atoms with E-state index in [2.05, 4.69) is 21.1 Å². The van der Waals surface area contributed by atoms with E-state index < -0.39 is 0 Å². The molecule has 1 fully saturated rings. The van der Waals surface area contributed by atoms with Gasteiger partial charge in [0.2, 0.25) is 0 Å². The van der Waals surface area contributed by atoms with Gasteiger partial charge in [0, 0.05) is 24.4 Å². The molecule has 0 atom stereocenters. The Morgan fingerprint density at radius 3 is 3.00 bits per heavy atom. The SMILES string of the molecule is COC(=O)NCC1(c2cccnc2)CC1. The third kappa shape index (κ3) is 2.09. The minimum atomic E-state index is -0.370. The highest BCUT2D eigenvalue weighted by Crippen LogP contribution is 2.47. The Morgan fingerprint density at radius 2 is 2.47 bits per heavy atom. The summed E-state index contributed by atoms with van der Waals surface area (Å²) in [6.45, 7) is 0.630. The van der Waals surface area contributed by atoms with Crippen molar-refractivity contribution in [3.8, 4) is 0 Å². The minimum Gasteiger partial charge on any atom is -0.453 e. The molecule has 4 nitrogen and oxygen atoms in total. The number of nitrogens with zero attached hydrogens (tertiary/aromatic N) is 1. The van der Waals surface area contributed by atoms with Gasteiger partial charge in [0.1, 0.15) is 0 Å². The summed E-state index contributed by atoms with van der Waals surface area (Å²) in [7, 11) is 1.37. The lowest BCUT2D eigenvalue weighted by atomic mass is 9.98. The van der Waals surface area contributed by atoms with Crippen LogP contribution in [0, 0.1) is 0 Å². The van der Waals surface area contributed by atoms with Crippen LogP contribution in [0.1, 0.15) is 18.4 Å². The molecule has 80 valence electrons. The summed E-state index contributed by atoms with van der Waals surface area (Å²) in [5.74, 6) is 0. The van der Waals surface area contributed by atoms with Gasteiger partial charge >= 0.3 is 6.09 Å². The van der Waals surface area contributed by atoms with Crippen LogP contribution in [0.2, 0.25) is 0 Å². The van der Waals surface area contributed by atoms with Gasteiger partial charge in [-0.3, -0.25) is 4.98 Å². The van der Waals surface area contributed by atoms with Crippen molar-refractivity contribution < 1.29 is 9.53 Å². The van der Waals surface area contributed by atoms with Crippen molar-refractivity contribution in [2.75, 3.05) is 13.7 Å². The van der Waals surface area contributed by atoms with Crippen molar-refractivity contribution in [2.24, 2.45) is 0 Å². The second-order valence-electron chi connectivity index (χ2n) is 3.87. The van der Waals surface area contributed by atoms with Crippen molar-refractivity contribution in [1.82, 2.24) is 10.3 Å². The van der Waals surface area contributed by atoms with E-state index in [1.54, 1.807) is 6.20 Å². The topological polar surface area (TPSA) is 51.2 Å². The van der Waals surface area contributed by atoms with Crippen LogP contribution in [0.5, 0.6) is 0 Å². The standard InChI is InChI=1S/C11H14N2O2/c1-15-10(14)13-8-11(4-5-11)9-3-2-6-12-7-9/h2-3,6-7H,4-5,8H2,1H3,(H,13,14). The Labute approximate surface area is 88.7 Å². The number of pyridine rings is 1. The maximum Gasteiger partial charge on any atom is 0.406 e. The molecule has 1 heterocycles. The molecule has 1 saturated carbocycles. The molecule has 0 radical (unpaired) electrons. The van der Waals surface area contributed by atoms with Crippen molar-refractivity contribution in [3.63, 3.8) is 0 Å². The number of amides is 1. The van der Waals surface area contributed by atoms with Crippen molar-refractivity contribution >= 4 is 6.09 Å². The van der Waals surface area contributed by atoms with Crippen molar-refractivity contribution in [2.45, 2.75) is 18.3 Å². The summed E-state index contributed by atoms with van der Waals surface area (Å²) >= 11 is 0. The molecule has 15 heavy (non-hydrogen) atoms. The average Bonchev–Trinajstić information content (AvgIpc) is 3.08. The van der Waals surface area contributed by atoms with E-state index in [1.807, 2.05) is 12.3 Å². The molecule has 0 saturated heterocycles. The number of ether oxygens (including phenoxy) is 1. The van der Waals surface area contributed by atoms with E-state index in [0.29, 0.717) is 6.54 Å². The van der Waals surface area contributed by atoms with Gasteiger partial charge in [0.05, 0.1) is 7.11 Å². The van der Waals surface area contributed by atoms with E-state index in [1.165, 1.54) is 12.7 Å². The van der Waals surface area contributed by atoms with E-state index in [0.717, 1.165) is 12.8 Å². The summed E-state index contributed by atoms with van der Waals surface area (Å²) < 4.78 is 4.54. The summed E-state index contributed by atoms with van der Waals surface area (Å²) in [6.07, 6.45) is 5.45. The number of methoxy groups -OCH3 is 1. The van der Waals surface area contributed by atoms with Gasteiger partial charge in [-0.05, 0) is 24.5 Å². The quantitative estimate of drug-likeness (QED) is 0.814. The molecule has 0 spiro atoms. The fourth-order valence-electron chi connectivity index (χ4n) is 1.71. The number of carbonyl (C=O) groups excluding carboxylic acids is 1. The zero-order chi connectivity index (χ0) is 10.7. The first-order valence-electron chi connectivity index (χ1n) is 4.99. The molecule has 1 N–H and O–H groups in total. The average molecular weight is 206 g/mol. The van der Waals surface area contributed by atoms with Crippen LogP contribution < -0.4 is 5.32 Å². The van der Waals surface area contributed by atoms with Gasteiger partial charge in [-0.1, -0.05) is 6.07 Å². The molecule has 0 aliphatic heterocycles. The monoisotopic (exact) mass is 206 g/mol. The minimum absolute atomic E-state index is 0.0997. The zero-order valence-electron chi connectivity index (χ0n) is 8.69. The molecule has 1 aliphatic rings. The molecule has 1 amide bonds. The first kappa shape index (κ1) is 9.96. The Bertz CT molecular complexity index is 347. The molecule has 2 rings (SSSR count). The highest BCUT2D eigenvalue weighted by atomic mass is 16.5. The summed E-state index contributed by atoms with van der Waals surface area (Å²) in [6, 6.07) is 3.98. The van der Waals surface area contributed by atoms with E-state index in [9.17, 15) is 4.79 Å². The Morgan fingerprint density at radius 1 is 1.67 bits per heavy atom. The molecule has 1 aromatic rings. The van der Waals surface area contributed by atoms with E-state index in [-0.39, 0.29) is 11.5 Å². The Hall–Kier alpha value is -1.58. The normalized spacial score (nSPS) is 16.9. The van der Waals surface area contributed by atoms with Crippen LogP contribution in [0.4, 0.5) is 4.79 Å². The number of alkyl carbamates (subject to hydrolysis) is 1. The van der Waals surface area contributed by atoms with Crippen LogP contribution in [0.25, 0.3) is 0 Å². The fourth-order valence-corrected chi connectivity index (χ4v) is 1.71. The van der Waals surface area contributed by atoms with Gasteiger partial charge in [-0.2, -0.15) is 0 Å². The van der Waals surface area contributed by atoms with Crippen LogP contribution in [0.3, 0.4) is 0 Å². The third-order valence-corrected chi connectivity index (χ3v) is 2.88. The summed E-state index contributed by atoms with van der Waals surface area (Å²) in [4.78, 5) is 15.1. The number of carbonyl (C=O) groups is 1. The van der Waals surface area contributed by atoms with Crippen molar-refractivity contribution in [1.29, 1.82) is 0 Å². The van der Waals surface area contributed by atoms with Gasteiger partial charge in [-0.15, -0.1) is 0 Å². The van der Waals surface area contributed by atoms with Crippen LogP contribution >= 0.6 is 0 Å². The largest absolute Gasteiger partial charge is 0.453 e. The number of aromatic nitrogens is 1. The first-order valence-corrected chi connectivity index (χ1v) is 4.99. The molecule has 4 heteroatoms. The molecule has 0 aromatic carbocycles. The highest BCUT2D eigenvalue weighted by molar-refractivity contribution is 5.67. The zero-order valence-corrected chi connectivity index (χ0v) is 8.69. The number of nitrogens with one attached hydrogen (secondary N) is 1. The molecule has 1 aliphatic carbocycles. The maximum atomic E-state index is 11.0. The van der Waals surface area contributed by atoms with Crippen LogP contribution in [0.15, 0.2) is 24.5 Å². The lowest BCUT2D eigenvalue weighted by Crippen LogP contribution is -2.32. The van der Waals surface area contributed by atoms with Crippen molar-refractivity contribution in [3.05, 3.63) is 30.1 Å². The van der Waals surface area contributed by atoms with Gasteiger partial charge in [0.25, 0.3) is 0 Å². The predicted octanol–water partition coefficient (Wildman–Crippen LogP) is 1.47. The van der Waals surface area contributed by atoms with E-state index in [4.69, 9.17) is 0 Å². The highest BCUT2D eigenvalue weighted by Gasteiger charge is 2.44. The molecule has 0 bridgehead atoms. The summed E-state index contributed by atoms with van der Waals surface area (Å²) in [5.41, 5.74) is 1.30. The number of rotatable bonds is 3. The van der Waals surface area contributed by atoms with Gasteiger partial charge in [0.15, 0.2) is 0 Å². The smallest absolute Gasteiger partial charge is 0.406 e. The number of hydrogen-bond donors (Lipinski definition) is 1. The predicted molar refractivity (Wildman–Crippen MR) is 55.6 cm³/mol. The lowest BCUT2D eigenvalue weighted by Gasteiger charge is -2.15. The second kappa shape index (κ2) is 3.88. The first-order chi connectivity index (χ1) is 7.27. The fraction of sp³-hybridized carbons (Fsp3) is 0.455. The summed E-state index contributed by atoms with van der Waals surface area (Å²) in [5, 5.41) is 2.74. The van der Waals surface area contributed by atoms with E-state index >= 15 is 0 Å². The molecular formula is C11H14N2O2. The number of hydrogen-bond acceptors (Lipinski definition) is 3. The molecular weight excluding hydrogens is 192 g/mol. The van der Waals surface area contributed by atoms with Gasteiger partial charge in [-0.25, -0.2) is 4.79 Å². The Balaban J connectivity index is 2.00. The lowest BCUT2D eigenvalue weighted by molar-refractivity contribution is 0.170. The maximum absolute atomic E-state index is 11.0. The van der Waals surface area contributed by atoms with Crippen LogP contribution in [-0.4, -0.2) is 24.7 Å². The van der Waals surface area contributed by atoms with Gasteiger partial charge < -0.3 is 10.1 Å². The van der Waals surface area contributed by atoms with Crippen LogP contribution in [-0.2, 0) is 10.2 Å². The molecule has 1 aromatic heterocycles. The second-order valence-corrected chi connectivity index (χ2v) is 3.87.